The average Bonchev–Trinajstić information content (AvgIpc) is 3.24. The van der Waals surface area contributed by atoms with Crippen LogP contribution in [0.1, 0.15) is 49.4 Å². The summed E-state index contributed by atoms with van der Waals surface area (Å²) in [5.74, 6) is -0.532. The number of thiazole rings is 1. The number of hydrogen-bond acceptors (Lipinski definition) is 7. The largest absolute Gasteiger partial charge is 0.383 e. The van der Waals surface area contributed by atoms with E-state index in [0.717, 1.165) is 36.8 Å². The van der Waals surface area contributed by atoms with E-state index in [0.29, 0.717) is 30.0 Å². The Kier molecular flexibility index (Phi) is 8.53. The molecular formula is C25H30N4O6S2. The van der Waals surface area contributed by atoms with Crippen molar-refractivity contribution in [1.29, 1.82) is 0 Å². The molecule has 0 aliphatic heterocycles. The van der Waals surface area contributed by atoms with Crippen LogP contribution in [0.25, 0.3) is 10.2 Å². The van der Waals surface area contributed by atoms with Gasteiger partial charge in [0, 0.05) is 43.9 Å². The van der Waals surface area contributed by atoms with E-state index in [1.54, 1.807) is 22.0 Å². The molecule has 0 N–H and O–H groups in total. The van der Waals surface area contributed by atoms with Crippen molar-refractivity contribution in [2.75, 3.05) is 20.3 Å². The van der Waals surface area contributed by atoms with Crippen LogP contribution < -0.4 is 4.80 Å². The zero-order valence-electron chi connectivity index (χ0n) is 20.8. The minimum atomic E-state index is -3.68. The van der Waals surface area contributed by atoms with Gasteiger partial charge in [-0.1, -0.05) is 37.5 Å². The van der Waals surface area contributed by atoms with Crippen LogP contribution >= 0.6 is 11.3 Å². The van der Waals surface area contributed by atoms with Crippen molar-refractivity contribution in [2.45, 2.75) is 56.5 Å². The van der Waals surface area contributed by atoms with E-state index < -0.39 is 20.9 Å². The summed E-state index contributed by atoms with van der Waals surface area (Å²) in [4.78, 5) is 28.6. The van der Waals surface area contributed by atoms with Crippen LogP contribution in [0.15, 0.2) is 52.4 Å². The summed E-state index contributed by atoms with van der Waals surface area (Å²) in [6, 6.07) is 10.4. The minimum Gasteiger partial charge on any atom is -0.383 e. The molecule has 37 heavy (non-hydrogen) atoms. The van der Waals surface area contributed by atoms with Gasteiger partial charge in [-0.2, -0.15) is 9.30 Å². The molecule has 3 aromatic rings. The highest BCUT2D eigenvalue weighted by Crippen LogP contribution is 2.28. The summed E-state index contributed by atoms with van der Waals surface area (Å²) in [5.41, 5.74) is 0.786. The van der Waals surface area contributed by atoms with E-state index in [9.17, 15) is 23.3 Å². The molecule has 0 unspecified atom stereocenters. The molecule has 1 aliphatic rings. The summed E-state index contributed by atoms with van der Waals surface area (Å²) in [7, 11) is -2.13. The molecule has 1 fully saturated rings. The van der Waals surface area contributed by atoms with Crippen LogP contribution in [-0.4, -0.2) is 54.4 Å². The normalized spacial score (nSPS) is 15.5. The molecule has 2 aromatic carbocycles. The zero-order chi connectivity index (χ0) is 26.6. The number of benzene rings is 2. The fourth-order valence-corrected chi connectivity index (χ4v) is 7.43. The number of ether oxygens (including phenoxy) is 1. The Morgan fingerprint density at radius 1 is 1.19 bits per heavy atom. The summed E-state index contributed by atoms with van der Waals surface area (Å²) >= 11 is 1.24. The van der Waals surface area contributed by atoms with Gasteiger partial charge in [0.2, 0.25) is 10.0 Å². The van der Waals surface area contributed by atoms with Gasteiger partial charge in [-0.25, -0.2) is 8.42 Å². The van der Waals surface area contributed by atoms with Crippen LogP contribution in [0.3, 0.4) is 0 Å². The van der Waals surface area contributed by atoms with Crippen LogP contribution in [0.5, 0.6) is 0 Å². The second kappa shape index (κ2) is 11.6. The zero-order valence-corrected chi connectivity index (χ0v) is 22.5. The summed E-state index contributed by atoms with van der Waals surface area (Å²) in [6.45, 7) is 2.93. The van der Waals surface area contributed by atoms with Crippen molar-refractivity contribution in [3.8, 4) is 0 Å². The summed E-state index contributed by atoms with van der Waals surface area (Å²) < 4.78 is 35.8. The number of non-ortho nitro benzene ring substituents is 1. The highest BCUT2D eigenvalue weighted by Gasteiger charge is 2.31. The molecule has 0 spiro atoms. The SMILES string of the molecule is CCN(C1CCCCC1)S(=O)(=O)c1ccc(C(=O)N=c2sc3ccc([N+](=O)[O-])cc3n2CCOC)cc1. The maximum Gasteiger partial charge on any atom is 0.279 e. The van der Waals surface area contributed by atoms with E-state index in [1.165, 1.54) is 47.7 Å². The predicted molar refractivity (Wildman–Crippen MR) is 141 cm³/mol. The number of methoxy groups -OCH3 is 1. The Balaban J connectivity index is 1.64. The number of carbonyl (C=O) groups excluding carboxylic acids is 1. The fourth-order valence-electron chi connectivity index (χ4n) is 4.70. The van der Waals surface area contributed by atoms with Crippen molar-refractivity contribution in [1.82, 2.24) is 8.87 Å². The van der Waals surface area contributed by atoms with Crippen LogP contribution in [0, 0.1) is 10.1 Å². The molecule has 1 amide bonds. The van der Waals surface area contributed by atoms with Gasteiger partial charge in [-0.05, 0) is 43.2 Å². The number of rotatable bonds is 9. The average molecular weight is 547 g/mol. The molecule has 4 rings (SSSR count). The molecular weight excluding hydrogens is 516 g/mol. The number of nitrogens with zero attached hydrogens (tertiary/aromatic N) is 4. The van der Waals surface area contributed by atoms with Gasteiger partial charge in [0.05, 0.1) is 26.6 Å². The minimum absolute atomic E-state index is 0.00592. The topological polar surface area (TPSA) is 124 Å². The monoisotopic (exact) mass is 546 g/mol. The van der Waals surface area contributed by atoms with Gasteiger partial charge >= 0.3 is 0 Å². The molecule has 1 saturated carbocycles. The van der Waals surface area contributed by atoms with Crippen LogP contribution in [0.4, 0.5) is 5.69 Å². The maximum absolute atomic E-state index is 13.3. The van der Waals surface area contributed by atoms with Crippen molar-refractivity contribution >= 4 is 43.2 Å². The second-order valence-corrected chi connectivity index (χ2v) is 11.8. The Labute approximate surface area is 219 Å². The number of carbonyl (C=O) groups is 1. The lowest BCUT2D eigenvalue weighted by molar-refractivity contribution is -0.384. The lowest BCUT2D eigenvalue weighted by atomic mass is 9.95. The van der Waals surface area contributed by atoms with E-state index in [-0.39, 0.29) is 22.2 Å². The van der Waals surface area contributed by atoms with E-state index in [2.05, 4.69) is 4.99 Å². The molecule has 10 nitrogen and oxygen atoms in total. The molecule has 12 heteroatoms. The molecule has 1 aromatic heterocycles. The lowest BCUT2D eigenvalue weighted by Gasteiger charge is -2.32. The van der Waals surface area contributed by atoms with Gasteiger partial charge in [0.25, 0.3) is 11.6 Å². The highest BCUT2D eigenvalue weighted by atomic mass is 32.2. The Morgan fingerprint density at radius 2 is 1.89 bits per heavy atom. The van der Waals surface area contributed by atoms with E-state index in [1.807, 2.05) is 6.92 Å². The van der Waals surface area contributed by atoms with E-state index >= 15 is 0 Å². The third-order valence-electron chi connectivity index (χ3n) is 6.59. The smallest absolute Gasteiger partial charge is 0.279 e. The number of nitro groups is 1. The first-order chi connectivity index (χ1) is 17.8. The third kappa shape index (κ3) is 5.82. The van der Waals surface area contributed by atoms with Gasteiger partial charge in [-0.3, -0.25) is 14.9 Å². The maximum atomic E-state index is 13.3. The fraction of sp³-hybridized carbons (Fsp3) is 0.440. The predicted octanol–water partition coefficient (Wildman–Crippen LogP) is 4.34. The van der Waals surface area contributed by atoms with Gasteiger partial charge < -0.3 is 9.30 Å². The number of hydrogen-bond donors (Lipinski definition) is 0. The number of sulfonamides is 1. The summed E-state index contributed by atoms with van der Waals surface area (Å²) in [5, 5.41) is 11.2. The first-order valence-corrected chi connectivity index (χ1v) is 14.5. The molecule has 0 radical (unpaired) electrons. The molecule has 0 bridgehead atoms. The van der Waals surface area contributed by atoms with Crippen LogP contribution in [-0.2, 0) is 21.3 Å². The quantitative estimate of drug-likeness (QED) is 0.290. The van der Waals surface area contributed by atoms with Crippen LogP contribution in [0.2, 0.25) is 0 Å². The number of amides is 1. The van der Waals surface area contributed by atoms with Crippen molar-refractivity contribution in [2.24, 2.45) is 4.99 Å². The number of nitro benzene ring substituents is 1. The van der Waals surface area contributed by atoms with Gasteiger partial charge in [0.15, 0.2) is 4.80 Å². The Hall–Kier alpha value is -2.93. The molecule has 0 saturated heterocycles. The molecule has 1 aliphatic carbocycles. The lowest BCUT2D eigenvalue weighted by Crippen LogP contribution is -2.41. The third-order valence-corrected chi connectivity index (χ3v) is 9.70. The number of fused-ring (bicyclic) bond motifs is 1. The second-order valence-electron chi connectivity index (χ2n) is 8.88. The Morgan fingerprint density at radius 3 is 2.51 bits per heavy atom. The first-order valence-electron chi connectivity index (χ1n) is 12.2. The first kappa shape index (κ1) is 27.1. The Bertz CT molecular complexity index is 1450. The van der Waals surface area contributed by atoms with Gasteiger partial charge in [0.1, 0.15) is 0 Å². The summed E-state index contributed by atoms with van der Waals surface area (Å²) in [6.07, 6.45) is 4.92. The van der Waals surface area contributed by atoms with Crippen molar-refractivity contribution < 1.29 is 22.9 Å². The molecule has 198 valence electrons. The van der Waals surface area contributed by atoms with E-state index in [4.69, 9.17) is 4.74 Å². The molecule has 0 atom stereocenters. The van der Waals surface area contributed by atoms with Gasteiger partial charge in [-0.15, -0.1) is 0 Å². The highest BCUT2D eigenvalue weighted by molar-refractivity contribution is 7.89. The standard InChI is InChI=1S/C25H30N4O6S2/c1-3-28(19-7-5-4-6-8-19)37(33,34)21-12-9-18(10-13-21)24(30)26-25-27(15-16-35-2)22-17-20(29(31)32)11-14-23(22)36-25/h9-14,17,19H,3-8,15-16H2,1-2H3. The molecule has 1 heterocycles. The van der Waals surface area contributed by atoms with Crippen molar-refractivity contribution in [3.63, 3.8) is 0 Å². The van der Waals surface area contributed by atoms with Crippen molar-refractivity contribution in [3.05, 3.63) is 62.9 Å². The number of aromatic nitrogens is 1.